The molecule has 1 aliphatic heterocycles. The van der Waals surface area contributed by atoms with Crippen molar-refractivity contribution in [2.75, 3.05) is 32.4 Å². The number of carbonyl (C=O) groups is 1. The molecule has 1 atom stereocenters. The number of nitrogens with zero attached hydrogens (tertiary/aromatic N) is 2. The summed E-state index contributed by atoms with van der Waals surface area (Å²) in [5.74, 6) is -0.287. The lowest BCUT2D eigenvalue weighted by Crippen LogP contribution is -2.50. The Hall–Kier alpha value is -1.47. The lowest BCUT2D eigenvalue weighted by atomic mass is 9.97. The standard InChI is InChI=1S/C15H21FN2O3S/c1-12(13-3-5-14(16)6-4-13)11-15(19)17-7-9-18(10-8-17)22(2,20)21/h3-6,12H,7-11H2,1-2H3. The van der Waals surface area contributed by atoms with Crippen LogP contribution in [0.5, 0.6) is 0 Å². The Morgan fingerprint density at radius 1 is 1.18 bits per heavy atom. The van der Waals surface area contributed by atoms with Crippen LogP contribution in [0.1, 0.15) is 24.8 Å². The lowest BCUT2D eigenvalue weighted by Gasteiger charge is -2.33. The van der Waals surface area contributed by atoms with Crippen LogP contribution in [0.25, 0.3) is 0 Å². The largest absolute Gasteiger partial charge is 0.340 e. The highest BCUT2D eigenvalue weighted by atomic mass is 32.2. The van der Waals surface area contributed by atoms with E-state index in [2.05, 4.69) is 0 Å². The molecule has 22 heavy (non-hydrogen) atoms. The summed E-state index contributed by atoms with van der Waals surface area (Å²) in [6.45, 7) is 3.45. The maximum atomic E-state index is 12.9. The molecule has 0 aromatic heterocycles. The first-order valence-corrected chi connectivity index (χ1v) is 9.10. The second kappa shape index (κ2) is 6.75. The van der Waals surface area contributed by atoms with Crippen molar-refractivity contribution in [3.05, 3.63) is 35.6 Å². The average molecular weight is 328 g/mol. The molecule has 0 radical (unpaired) electrons. The molecule has 1 unspecified atom stereocenters. The molecule has 122 valence electrons. The Kier molecular flexibility index (Phi) is 5.18. The SMILES string of the molecule is CC(CC(=O)N1CCN(S(C)(=O)=O)CC1)c1ccc(F)cc1. The maximum Gasteiger partial charge on any atom is 0.223 e. The van der Waals surface area contributed by atoms with Crippen molar-refractivity contribution in [2.24, 2.45) is 0 Å². The molecule has 1 aromatic rings. The molecule has 0 bridgehead atoms. The van der Waals surface area contributed by atoms with Crippen LogP contribution in [0.15, 0.2) is 24.3 Å². The van der Waals surface area contributed by atoms with Gasteiger partial charge in [-0.1, -0.05) is 19.1 Å². The average Bonchev–Trinajstić information content (AvgIpc) is 2.47. The van der Waals surface area contributed by atoms with Crippen molar-refractivity contribution in [3.8, 4) is 0 Å². The molecule has 2 rings (SSSR count). The van der Waals surface area contributed by atoms with Crippen LogP contribution in [0.3, 0.4) is 0 Å². The number of carbonyl (C=O) groups excluding carboxylic acids is 1. The summed E-state index contributed by atoms with van der Waals surface area (Å²) >= 11 is 0. The van der Waals surface area contributed by atoms with Gasteiger partial charge in [-0.25, -0.2) is 12.8 Å². The van der Waals surface area contributed by atoms with Gasteiger partial charge in [0, 0.05) is 32.6 Å². The summed E-state index contributed by atoms with van der Waals surface area (Å²) < 4.78 is 37.2. The van der Waals surface area contributed by atoms with Crippen LogP contribution in [0.2, 0.25) is 0 Å². The quantitative estimate of drug-likeness (QED) is 0.840. The van der Waals surface area contributed by atoms with E-state index in [0.717, 1.165) is 5.56 Å². The molecule has 0 spiro atoms. The van der Waals surface area contributed by atoms with Crippen LogP contribution in [-0.2, 0) is 14.8 Å². The number of halogens is 1. The highest BCUT2D eigenvalue weighted by Gasteiger charge is 2.26. The van der Waals surface area contributed by atoms with E-state index in [1.54, 1.807) is 17.0 Å². The molecule has 1 amide bonds. The fraction of sp³-hybridized carbons (Fsp3) is 0.533. The highest BCUT2D eigenvalue weighted by molar-refractivity contribution is 7.88. The summed E-state index contributed by atoms with van der Waals surface area (Å²) in [4.78, 5) is 14.0. The van der Waals surface area contributed by atoms with Crippen molar-refractivity contribution in [1.82, 2.24) is 9.21 Å². The third-order valence-electron chi connectivity index (χ3n) is 3.98. The van der Waals surface area contributed by atoms with E-state index >= 15 is 0 Å². The first-order chi connectivity index (χ1) is 10.3. The summed E-state index contributed by atoms with van der Waals surface area (Å²) in [6.07, 6.45) is 1.52. The Labute approximate surface area is 130 Å². The molecule has 1 fully saturated rings. The van der Waals surface area contributed by atoms with E-state index in [9.17, 15) is 17.6 Å². The molecule has 1 saturated heterocycles. The van der Waals surface area contributed by atoms with Gasteiger partial charge in [-0.3, -0.25) is 4.79 Å². The molecule has 5 nitrogen and oxygen atoms in total. The van der Waals surface area contributed by atoms with Gasteiger partial charge in [0.25, 0.3) is 0 Å². The molecular weight excluding hydrogens is 307 g/mol. The summed E-state index contributed by atoms with van der Waals surface area (Å²) in [6, 6.07) is 6.16. The molecular formula is C15H21FN2O3S. The van der Waals surface area contributed by atoms with Crippen LogP contribution in [0.4, 0.5) is 4.39 Å². The van der Waals surface area contributed by atoms with E-state index in [1.807, 2.05) is 6.92 Å². The zero-order chi connectivity index (χ0) is 16.3. The van der Waals surface area contributed by atoms with E-state index in [-0.39, 0.29) is 17.6 Å². The molecule has 1 aliphatic rings. The molecule has 0 aliphatic carbocycles. The van der Waals surface area contributed by atoms with E-state index in [4.69, 9.17) is 0 Å². The van der Waals surface area contributed by atoms with Crippen LogP contribution in [-0.4, -0.2) is 56.0 Å². The number of sulfonamides is 1. The van der Waals surface area contributed by atoms with Gasteiger partial charge in [0.1, 0.15) is 5.82 Å². The fourth-order valence-corrected chi connectivity index (χ4v) is 3.40. The van der Waals surface area contributed by atoms with Crippen LogP contribution >= 0.6 is 0 Å². The zero-order valence-electron chi connectivity index (χ0n) is 12.8. The molecule has 1 aromatic carbocycles. The fourth-order valence-electron chi connectivity index (χ4n) is 2.57. The van der Waals surface area contributed by atoms with Gasteiger partial charge < -0.3 is 4.90 Å². The van der Waals surface area contributed by atoms with Gasteiger partial charge in [-0.05, 0) is 23.6 Å². The van der Waals surface area contributed by atoms with Crippen LogP contribution < -0.4 is 0 Å². The Bertz CT molecular complexity index is 623. The van der Waals surface area contributed by atoms with Crippen molar-refractivity contribution < 1.29 is 17.6 Å². The van der Waals surface area contributed by atoms with E-state index in [1.165, 1.54) is 22.7 Å². The van der Waals surface area contributed by atoms with Gasteiger partial charge in [0.15, 0.2) is 0 Å². The summed E-state index contributed by atoms with van der Waals surface area (Å²) in [5.41, 5.74) is 0.921. The van der Waals surface area contributed by atoms with Gasteiger partial charge >= 0.3 is 0 Å². The minimum atomic E-state index is -3.19. The third-order valence-corrected chi connectivity index (χ3v) is 5.28. The van der Waals surface area contributed by atoms with Crippen molar-refractivity contribution in [1.29, 1.82) is 0 Å². The summed E-state index contributed by atoms with van der Waals surface area (Å²) in [7, 11) is -3.19. The van der Waals surface area contributed by atoms with E-state index in [0.29, 0.717) is 32.6 Å². The number of piperazine rings is 1. The van der Waals surface area contributed by atoms with Gasteiger partial charge in [-0.15, -0.1) is 0 Å². The monoisotopic (exact) mass is 328 g/mol. The minimum Gasteiger partial charge on any atom is -0.340 e. The number of hydrogen-bond acceptors (Lipinski definition) is 3. The summed E-state index contributed by atoms with van der Waals surface area (Å²) in [5, 5.41) is 0. The number of rotatable bonds is 4. The number of benzene rings is 1. The Morgan fingerprint density at radius 3 is 2.23 bits per heavy atom. The minimum absolute atomic E-state index is 0.000961. The second-order valence-corrected chi connectivity index (χ2v) is 7.68. The van der Waals surface area contributed by atoms with Gasteiger partial charge in [0.2, 0.25) is 15.9 Å². The van der Waals surface area contributed by atoms with Crippen molar-refractivity contribution >= 4 is 15.9 Å². The van der Waals surface area contributed by atoms with Crippen LogP contribution in [0, 0.1) is 5.82 Å². The first-order valence-electron chi connectivity index (χ1n) is 7.25. The Balaban J connectivity index is 1.89. The smallest absolute Gasteiger partial charge is 0.223 e. The highest BCUT2D eigenvalue weighted by Crippen LogP contribution is 2.21. The predicted molar refractivity (Wildman–Crippen MR) is 82.4 cm³/mol. The maximum absolute atomic E-state index is 12.9. The third kappa shape index (κ3) is 4.27. The van der Waals surface area contributed by atoms with E-state index < -0.39 is 10.0 Å². The lowest BCUT2D eigenvalue weighted by molar-refractivity contribution is -0.132. The van der Waals surface area contributed by atoms with Crippen molar-refractivity contribution in [3.63, 3.8) is 0 Å². The van der Waals surface area contributed by atoms with Gasteiger partial charge in [0.05, 0.1) is 6.26 Å². The Morgan fingerprint density at radius 2 is 1.73 bits per heavy atom. The molecule has 0 saturated carbocycles. The van der Waals surface area contributed by atoms with Gasteiger partial charge in [-0.2, -0.15) is 4.31 Å². The zero-order valence-corrected chi connectivity index (χ0v) is 13.6. The predicted octanol–water partition coefficient (Wildman–Crippen LogP) is 1.42. The van der Waals surface area contributed by atoms with Crippen molar-refractivity contribution in [2.45, 2.75) is 19.3 Å². The topological polar surface area (TPSA) is 57.7 Å². The number of hydrogen-bond donors (Lipinski definition) is 0. The first kappa shape index (κ1) is 16.9. The normalized spacial score (nSPS) is 18.2. The number of amides is 1. The molecule has 1 heterocycles. The molecule has 0 N–H and O–H groups in total. The molecule has 7 heteroatoms. The second-order valence-electron chi connectivity index (χ2n) is 5.70.